The number of thiophene rings is 1. The SMILES string of the molecule is CN=C(NCc1ccc(C)nc1)N(C)CCc1cccs1. The summed E-state index contributed by atoms with van der Waals surface area (Å²) >= 11 is 1.80. The zero-order chi connectivity index (χ0) is 15.1. The van der Waals surface area contributed by atoms with E-state index in [4.69, 9.17) is 0 Å². The van der Waals surface area contributed by atoms with Crippen molar-refractivity contribution in [2.45, 2.75) is 19.9 Å². The fourth-order valence-corrected chi connectivity index (χ4v) is 2.71. The van der Waals surface area contributed by atoms with Crippen LogP contribution in [0, 0.1) is 6.92 Å². The molecular formula is C16H22N4S. The van der Waals surface area contributed by atoms with Crippen LogP contribution in [0.4, 0.5) is 0 Å². The minimum atomic E-state index is 0.739. The third kappa shape index (κ3) is 4.86. The molecule has 4 nitrogen and oxygen atoms in total. The van der Waals surface area contributed by atoms with E-state index in [0.717, 1.165) is 36.7 Å². The average molecular weight is 302 g/mol. The Bertz CT molecular complexity index is 560. The standard InChI is InChI=1S/C16H22N4S/c1-13-6-7-14(11-18-13)12-19-16(17-2)20(3)9-8-15-5-4-10-21-15/h4-7,10-11H,8-9,12H2,1-3H3,(H,17,19). The van der Waals surface area contributed by atoms with Gasteiger partial charge in [0, 0.05) is 44.0 Å². The van der Waals surface area contributed by atoms with Crippen molar-refractivity contribution in [3.63, 3.8) is 0 Å². The molecule has 1 N–H and O–H groups in total. The van der Waals surface area contributed by atoms with Crippen LogP contribution in [-0.2, 0) is 13.0 Å². The monoisotopic (exact) mass is 302 g/mol. The van der Waals surface area contributed by atoms with Crippen LogP contribution in [-0.4, -0.2) is 36.5 Å². The van der Waals surface area contributed by atoms with Crippen LogP contribution >= 0.6 is 11.3 Å². The third-order valence-corrected chi connectivity index (χ3v) is 4.21. The average Bonchev–Trinajstić information content (AvgIpc) is 3.01. The molecule has 0 aliphatic rings. The second kappa shape index (κ2) is 7.78. The molecule has 0 aliphatic carbocycles. The highest BCUT2D eigenvalue weighted by Crippen LogP contribution is 2.09. The number of aliphatic imine (C=N–C) groups is 1. The second-order valence-electron chi connectivity index (χ2n) is 4.96. The molecule has 0 aliphatic heterocycles. The maximum absolute atomic E-state index is 4.33. The van der Waals surface area contributed by atoms with Crippen molar-refractivity contribution in [3.05, 3.63) is 52.0 Å². The van der Waals surface area contributed by atoms with Gasteiger partial charge >= 0.3 is 0 Å². The predicted molar refractivity (Wildman–Crippen MR) is 89.8 cm³/mol. The number of rotatable bonds is 5. The Balaban J connectivity index is 1.83. The number of hydrogen-bond donors (Lipinski definition) is 1. The normalized spacial score (nSPS) is 11.5. The predicted octanol–water partition coefficient (Wildman–Crippen LogP) is 2.70. The topological polar surface area (TPSA) is 40.5 Å². The van der Waals surface area contributed by atoms with Gasteiger partial charge in [-0.15, -0.1) is 11.3 Å². The van der Waals surface area contributed by atoms with E-state index < -0.39 is 0 Å². The van der Waals surface area contributed by atoms with Crippen LogP contribution in [0.3, 0.4) is 0 Å². The second-order valence-corrected chi connectivity index (χ2v) is 5.99. The Labute approximate surface area is 130 Å². The van der Waals surface area contributed by atoms with E-state index >= 15 is 0 Å². The van der Waals surface area contributed by atoms with Gasteiger partial charge in [0.1, 0.15) is 0 Å². The summed E-state index contributed by atoms with van der Waals surface area (Å²) in [6.45, 7) is 3.68. The summed E-state index contributed by atoms with van der Waals surface area (Å²) in [7, 11) is 3.88. The van der Waals surface area contributed by atoms with Crippen LogP contribution in [0.25, 0.3) is 0 Å². The van der Waals surface area contributed by atoms with E-state index in [1.165, 1.54) is 4.88 Å². The van der Waals surface area contributed by atoms with Crippen molar-refractivity contribution in [2.75, 3.05) is 20.6 Å². The van der Waals surface area contributed by atoms with Gasteiger partial charge in [-0.2, -0.15) is 0 Å². The van der Waals surface area contributed by atoms with Crippen LogP contribution in [0.5, 0.6) is 0 Å². The number of aromatic nitrogens is 1. The number of nitrogens with zero attached hydrogens (tertiary/aromatic N) is 3. The van der Waals surface area contributed by atoms with Crippen LogP contribution < -0.4 is 5.32 Å². The van der Waals surface area contributed by atoms with E-state index in [9.17, 15) is 0 Å². The molecule has 0 unspecified atom stereocenters. The quantitative estimate of drug-likeness (QED) is 0.682. The van der Waals surface area contributed by atoms with Gasteiger partial charge in [0.05, 0.1) is 0 Å². The van der Waals surface area contributed by atoms with E-state index in [0.29, 0.717) is 0 Å². The third-order valence-electron chi connectivity index (χ3n) is 3.27. The van der Waals surface area contributed by atoms with E-state index in [2.05, 4.69) is 50.8 Å². The smallest absolute Gasteiger partial charge is 0.193 e. The molecule has 2 heterocycles. The molecule has 2 aromatic heterocycles. The lowest BCUT2D eigenvalue weighted by atomic mass is 10.2. The minimum absolute atomic E-state index is 0.739. The fourth-order valence-electron chi connectivity index (χ4n) is 2.01. The van der Waals surface area contributed by atoms with Gasteiger partial charge in [0.15, 0.2) is 5.96 Å². The number of aryl methyl sites for hydroxylation is 1. The lowest BCUT2D eigenvalue weighted by Gasteiger charge is -2.21. The summed E-state index contributed by atoms with van der Waals surface area (Å²) in [5.74, 6) is 0.909. The number of nitrogens with one attached hydrogen (secondary N) is 1. The number of hydrogen-bond acceptors (Lipinski definition) is 3. The van der Waals surface area contributed by atoms with Crippen molar-refractivity contribution >= 4 is 17.3 Å². The van der Waals surface area contributed by atoms with Crippen LogP contribution in [0.15, 0.2) is 40.8 Å². The zero-order valence-electron chi connectivity index (χ0n) is 12.8. The van der Waals surface area contributed by atoms with E-state index in [1.54, 1.807) is 11.3 Å². The molecular weight excluding hydrogens is 280 g/mol. The summed E-state index contributed by atoms with van der Waals surface area (Å²) in [4.78, 5) is 12.2. The van der Waals surface area contributed by atoms with Gasteiger partial charge < -0.3 is 10.2 Å². The molecule has 0 spiro atoms. The molecule has 0 atom stereocenters. The summed E-state index contributed by atoms with van der Waals surface area (Å²) in [5.41, 5.74) is 2.20. The zero-order valence-corrected chi connectivity index (χ0v) is 13.7. The Kier molecular flexibility index (Phi) is 5.75. The van der Waals surface area contributed by atoms with Crippen LogP contribution in [0.1, 0.15) is 16.1 Å². The molecule has 0 aromatic carbocycles. The largest absolute Gasteiger partial charge is 0.352 e. The molecule has 0 saturated heterocycles. The van der Waals surface area contributed by atoms with Gasteiger partial charge in [0.25, 0.3) is 0 Å². The first-order valence-corrected chi connectivity index (χ1v) is 7.92. The van der Waals surface area contributed by atoms with Gasteiger partial charge in [-0.05, 0) is 36.4 Å². The van der Waals surface area contributed by atoms with Gasteiger partial charge in [0.2, 0.25) is 0 Å². The molecule has 21 heavy (non-hydrogen) atoms. The molecule has 0 saturated carbocycles. The molecule has 2 aromatic rings. The molecule has 0 amide bonds. The van der Waals surface area contributed by atoms with Gasteiger partial charge in [-0.1, -0.05) is 12.1 Å². The molecule has 0 fully saturated rings. The molecule has 112 valence electrons. The highest BCUT2D eigenvalue weighted by Gasteiger charge is 2.06. The fraction of sp³-hybridized carbons (Fsp3) is 0.375. The Morgan fingerprint density at radius 3 is 2.86 bits per heavy atom. The molecule has 0 radical (unpaired) electrons. The van der Waals surface area contributed by atoms with E-state index in [-0.39, 0.29) is 0 Å². The first-order chi connectivity index (χ1) is 10.2. The minimum Gasteiger partial charge on any atom is -0.352 e. The van der Waals surface area contributed by atoms with Crippen LogP contribution in [0.2, 0.25) is 0 Å². The first kappa shape index (κ1) is 15.5. The molecule has 5 heteroatoms. The Hall–Kier alpha value is -1.88. The summed E-state index contributed by atoms with van der Waals surface area (Å²) in [6, 6.07) is 8.39. The summed E-state index contributed by atoms with van der Waals surface area (Å²) in [5, 5.41) is 5.49. The van der Waals surface area contributed by atoms with Gasteiger partial charge in [-0.25, -0.2) is 0 Å². The van der Waals surface area contributed by atoms with Crippen molar-refractivity contribution in [2.24, 2.45) is 4.99 Å². The number of guanidine groups is 1. The van der Waals surface area contributed by atoms with Crippen molar-refractivity contribution in [1.82, 2.24) is 15.2 Å². The first-order valence-electron chi connectivity index (χ1n) is 7.04. The molecule has 0 bridgehead atoms. The highest BCUT2D eigenvalue weighted by molar-refractivity contribution is 7.09. The van der Waals surface area contributed by atoms with Crippen molar-refractivity contribution in [1.29, 1.82) is 0 Å². The maximum atomic E-state index is 4.33. The highest BCUT2D eigenvalue weighted by atomic mass is 32.1. The Morgan fingerprint density at radius 1 is 1.38 bits per heavy atom. The number of likely N-dealkylation sites (N-methyl/N-ethyl adjacent to an activating group) is 1. The van der Waals surface area contributed by atoms with Gasteiger partial charge in [-0.3, -0.25) is 9.98 Å². The lowest BCUT2D eigenvalue weighted by molar-refractivity contribution is 0.486. The van der Waals surface area contributed by atoms with Crippen molar-refractivity contribution in [3.8, 4) is 0 Å². The maximum Gasteiger partial charge on any atom is 0.193 e. The summed E-state index contributed by atoms with van der Waals surface area (Å²) in [6.07, 6.45) is 2.95. The van der Waals surface area contributed by atoms with E-state index in [1.807, 2.05) is 26.2 Å². The summed E-state index contributed by atoms with van der Waals surface area (Å²) < 4.78 is 0. The van der Waals surface area contributed by atoms with Crippen molar-refractivity contribution < 1.29 is 0 Å². The molecule has 2 rings (SSSR count). The number of pyridine rings is 1. The lowest BCUT2D eigenvalue weighted by Crippen LogP contribution is -2.39. The Morgan fingerprint density at radius 2 is 2.24 bits per heavy atom.